The van der Waals surface area contributed by atoms with Crippen molar-refractivity contribution < 1.29 is 34.2 Å². The first kappa shape index (κ1) is 31.1. The van der Waals surface area contributed by atoms with Crippen LogP contribution in [0.4, 0.5) is 0 Å². The molecule has 0 aromatic heterocycles. The van der Waals surface area contributed by atoms with Crippen LogP contribution in [0.3, 0.4) is 0 Å². The minimum atomic E-state index is -1.27. The van der Waals surface area contributed by atoms with E-state index in [-0.39, 0.29) is 37.2 Å². The lowest BCUT2D eigenvalue weighted by Crippen LogP contribution is -2.58. The van der Waals surface area contributed by atoms with Crippen molar-refractivity contribution >= 4 is 54.0 Å². The Kier molecular flexibility index (Phi) is 13.7. The number of carbonyl (C=O) groups is 5. The third-order valence-electron chi connectivity index (χ3n) is 5.09. The Bertz CT molecular complexity index is 917. The van der Waals surface area contributed by atoms with Crippen LogP contribution in [0.25, 0.3) is 0 Å². The van der Waals surface area contributed by atoms with Crippen LogP contribution < -0.4 is 27.4 Å². The van der Waals surface area contributed by atoms with Crippen molar-refractivity contribution in [1.29, 1.82) is 0 Å². The summed E-state index contributed by atoms with van der Waals surface area (Å²) in [6.45, 7) is 0. The molecule has 0 aliphatic carbocycles. The molecule has 1 rings (SSSR count). The first-order chi connectivity index (χ1) is 17.0. The van der Waals surface area contributed by atoms with Gasteiger partial charge in [0.15, 0.2) is 0 Å². The maximum absolute atomic E-state index is 13.2. The fourth-order valence-corrected chi connectivity index (χ4v) is 3.74. The zero-order valence-corrected chi connectivity index (χ0v) is 21.5. The van der Waals surface area contributed by atoms with Crippen molar-refractivity contribution in [1.82, 2.24) is 16.0 Å². The number of carboxylic acids is 1. The van der Waals surface area contributed by atoms with E-state index in [2.05, 4.69) is 28.6 Å². The number of hydrogen-bond donors (Lipinski definition) is 8. The lowest BCUT2D eigenvalue weighted by Gasteiger charge is -2.25. The maximum atomic E-state index is 13.2. The van der Waals surface area contributed by atoms with Gasteiger partial charge in [-0.15, -0.1) is 0 Å². The number of nitrogens with two attached hydrogens (primary N) is 2. The van der Waals surface area contributed by atoms with E-state index in [1.165, 1.54) is 23.9 Å². The predicted octanol–water partition coefficient (Wildman–Crippen LogP) is -1.25. The van der Waals surface area contributed by atoms with Gasteiger partial charge >= 0.3 is 5.97 Å². The minimum absolute atomic E-state index is 0.00561. The van der Waals surface area contributed by atoms with Crippen LogP contribution in [-0.2, 0) is 30.4 Å². The van der Waals surface area contributed by atoms with Crippen LogP contribution in [-0.4, -0.2) is 81.7 Å². The second kappa shape index (κ2) is 15.9. The molecule has 200 valence electrons. The van der Waals surface area contributed by atoms with Gasteiger partial charge in [0.25, 0.3) is 0 Å². The van der Waals surface area contributed by atoms with Gasteiger partial charge in [0.1, 0.15) is 23.9 Å². The number of rotatable bonds is 16. The Morgan fingerprint density at radius 1 is 0.944 bits per heavy atom. The van der Waals surface area contributed by atoms with Gasteiger partial charge < -0.3 is 37.6 Å². The summed E-state index contributed by atoms with van der Waals surface area (Å²) in [5.41, 5.74) is 11.5. The third kappa shape index (κ3) is 11.2. The molecule has 0 saturated carbocycles. The van der Waals surface area contributed by atoms with Gasteiger partial charge in [0.2, 0.25) is 23.6 Å². The van der Waals surface area contributed by atoms with Crippen LogP contribution in [0.5, 0.6) is 5.75 Å². The number of hydrogen-bond acceptors (Lipinski definition) is 9. The molecule has 12 nitrogen and oxygen atoms in total. The van der Waals surface area contributed by atoms with Crippen molar-refractivity contribution in [2.45, 2.75) is 49.9 Å². The maximum Gasteiger partial charge on any atom is 0.327 e. The van der Waals surface area contributed by atoms with Crippen LogP contribution in [0.1, 0.15) is 24.8 Å². The molecule has 36 heavy (non-hydrogen) atoms. The standard InChI is InChI=1S/C22H33N5O7S2/c1-36-9-8-15(20(31)27-17(11-35)22(33)34)25-21(32)16(10-12-2-4-13(28)5-3-12)26-19(30)14(23)6-7-18(24)29/h2-5,14-17,28,35H,6-11,23H2,1H3,(H2,24,29)(H,25,32)(H,26,30)(H,27,31)(H,33,34). The van der Waals surface area contributed by atoms with Crippen LogP contribution in [0.15, 0.2) is 24.3 Å². The van der Waals surface area contributed by atoms with Gasteiger partial charge in [-0.25, -0.2) is 4.79 Å². The average molecular weight is 544 g/mol. The van der Waals surface area contributed by atoms with Gasteiger partial charge in [-0.3, -0.25) is 19.2 Å². The molecule has 0 aliphatic heterocycles. The molecule has 0 radical (unpaired) electrons. The molecule has 0 spiro atoms. The molecule has 4 unspecified atom stereocenters. The molecule has 4 amide bonds. The summed E-state index contributed by atoms with van der Waals surface area (Å²) in [5, 5.41) is 26.2. The number of phenolic OH excluding ortho intramolecular Hbond substituents is 1. The lowest BCUT2D eigenvalue weighted by atomic mass is 10.0. The number of carbonyl (C=O) groups excluding carboxylic acids is 4. The number of phenols is 1. The molecule has 0 aliphatic rings. The van der Waals surface area contributed by atoms with E-state index in [9.17, 15) is 34.2 Å². The molecule has 4 atom stereocenters. The second-order valence-electron chi connectivity index (χ2n) is 7.97. The van der Waals surface area contributed by atoms with Gasteiger partial charge in [0.05, 0.1) is 6.04 Å². The molecule has 1 aromatic rings. The predicted molar refractivity (Wildman–Crippen MR) is 138 cm³/mol. The Labute approximate surface area is 218 Å². The van der Waals surface area contributed by atoms with Crippen molar-refractivity contribution in [3.8, 4) is 5.75 Å². The van der Waals surface area contributed by atoms with E-state index in [1.807, 2.05) is 6.26 Å². The Morgan fingerprint density at radius 3 is 2.03 bits per heavy atom. The number of primary amides is 1. The number of aromatic hydroxyl groups is 1. The van der Waals surface area contributed by atoms with Gasteiger partial charge in [-0.1, -0.05) is 12.1 Å². The van der Waals surface area contributed by atoms with E-state index in [0.29, 0.717) is 11.3 Å². The SMILES string of the molecule is CSCCC(NC(=O)C(Cc1ccc(O)cc1)NC(=O)C(N)CCC(N)=O)C(=O)NC(CS)C(=O)O. The Hall–Kier alpha value is -2.97. The first-order valence-electron chi connectivity index (χ1n) is 11.0. The van der Waals surface area contributed by atoms with Crippen LogP contribution in [0.2, 0.25) is 0 Å². The normalized spacial score (nSPS) is 14.1. The topological polar surface area (TPSA) is 214 Å². The van der Waals surface area contributed by atoms with E-state index in [0.717, 1.165) is 0 Å². The third-order valence-corrected chi connectivity index (χ3v) is 6.10. The van der Waals surface area contributed by atoms with Crippen LogP contribution >= 0.6 is 24.4 Å². The van der Waals surface area contributed by atoms with Crippen molar-refractivity contribution in [2.24, 2.45) is 11.5 Å². The number of benzene rings is 1. The summed E-state index contributed by atoms with van der Waals surface area (Å²) < 4.78 is 0. The summed E-state index contributed by atoms with van der Waals surface area (Å²) in [5.74, 6) is -3.62. The zero-order chi connectivity index (χ0) is 27.3. The fraction of sp³-hybridized carbons (Fsp3) is 0.500. The molecule has 0 heterocycles. The highest BCUT2D eigenvalue weighted by molar-refractivity contribution is 7.98. The summed E-state index contributed by atoms with van der Waals surface area (Å²) >= 11 is 5.36. The molecule has 0 bridgehead atoms. The summed E-state index contributed by atoms with van der Waals surface area (Å²) in [7, 11) is 0. The largest absolute Gasteiger partial charge is 0.508 e. The highest BCUT2D eigenvalue weighted by atomic mass is 32.2. The first-order valence-corrected chi connectivity index (χ1v) is 13.1. The number of aliphatic carboxylic acids is 1. The molecule has 14 heteroatoms. The Morgan fingerprint density at radius 2 is 1.50 bits per heavy atom. The second-order valence-corrected chi connectivity index (χ2v) is 9.32. The van der Waals surface area contributed by atoms with Crippen LogP contribution in [0, 0.1) is 0 Å². The molecule has 9 N–H and O–H groups in total. The van der Waals surface area contributed by atoms with E-state index in [1.54, 1.807) is 12.1 Å². The summed E-state index contributed by atoms with van der Waals surface area (Å²) in [6, 6.07) is 1.39. The molecule has 0 saturated heterocycles. The molecule has 0 fully saturated rings. The summed E-state index contributed by atoms with van der Waals surface area (Å²) in [6.07, 6.45) is 1.89. The average Bonchev–Trinajstić information content (AvgIpc) is 2.83. The number of carboxylic acid groups (broad SMARTS) is 1. The highest BCUT2D eigenvalue weighted by Gasteiger charge is 2.30. The number of thiol groups is 1. The Balaban J connectivity index is 3.08. The smallest absolute Gasteiger partial charge is 0.327 e. The molecular weight excluding hydrogens is 510 g/mol. The quantitative estimate of drug-likeness (QED) is 0.117. The van der Waals surface area contributed by atoms with Crippen molar-refractivity contribution in [3.05, 3.63) is 29.8 Å². The van der Waals surface area contributed by atoms with Gasteiger partial charge in [-0.2, -0.15) is 24.4 Å². The number of nitrogens with one attached hydrogen (secondary N) is 3. The van der Waals surface area contributed by atoms with Gasteiger partial charge in [-0.05, 0) is 42.5 Å². The minimum Gasteiger partial charge on any atom is -0.508 e. The highest BCUT2D eigenvalue weighted by Crippen LogP contribution is 2.12. The number of amides is 4. The fourth-order valence-electron chi connectivity index (χ4n) is 3.02. The zero-order valence-electron chi connectivity index (χ0n) is 19.8. The monoisotopic (exact) mass is 543 g/mol. The van der Waals surface area contributed by atoms with Crippen molar-refractivity contribution in [2.75, 3.05) is 17.8 Å². The van der Waals surface area contributed by atoms with E-state index >= 15 is 0 Å². The molecular formula is C22H33N5O7S2. The van der Waals surface area contributed by atoms with Crippen molar-refractivity contribution in [3.63, 3.8) is 0 Å². The molecule has 1 aromatic carbocycles. The number of thioether (sulfide) groups is 1. The summed E-state index contributed by atoms with van der Waals surface area (Å²) in [4.78, 5) is 60.8. The van der Waals surface area contributed by atoms with E-state index in [4.69, 9.17) is 11.5 Å². The lowest BCUT2D eigenvalue weighted by molar-refractivity contribution is -0.141. The van der Waals surface area contributed by atoms with Gasteiger partial charge in [0, 0.05) is 18.6 Å². The van der Waals surface area contributed by atoms with E-state index < -0.39 is 53.8 Å².